The van der Waals surface area contributed by atoms with Crippen molar-refractivity contribution in [2.24, 2.45) is 5.73 Å². The van der Waals surface area contributed by atoms with Crippen LogP contribution in [0.2, 0.25) is 0 Å². The Bertz CT molecular complexity index is 564. The summed E-state index contributed by atoms with van der Waals surface area (Å²) in [6, 6.07) is 6.69. The standard InChI is InChI=1S/C14H22N2O3S/c1-16(2)20(17,18)13-8-4-3-7-12(13)19-11-14(15)9-5-6-10-14/h3-4,7-8H,5-6,9-11,15H2,1-2H3. The molecule has 0 heterocycles. The van der Waals surface area contributed by atoms with Crippen molar-refractivity contribution in [3.63, 3.8) is 0 Å². The molecule has 2 N–H and O–H groups in total. The Labute approximate surface area is 120 Å². The Hall–Kier alpha value is -1.11. The second kappa shape index (κ2) is 5.71. The van der Waals surface area contributed by atoms with Crippen molar-refractivity contribution in [3.8, 4) is 5.75 Å². The fourth-order valence-electron chi connectivity index (χ4n) is 2.42. The topological polar surface area (TPSA) is 72.6 Å². The molecule has 0 radical (unpaired) electrons. The molecule has 0 unspecified atom stereocenters. The molecular weight excluding hydrogens is 276 g/mol. The van der Waals surface area contributed by atoms with Crippen molar-refractivity contribution in [2.75, 3.05) is 20.7 Å². The Kier molecular flexibility index (Phi) is 4.36. The van der Waals surface area contributed by atoms with Gasteiger partial charge in [0.1, 0.15) is 17.3 Å². The van der Waals surface area contributed by atoms with Crippen LogP contribution in [0.25, 0.3) is 0 Å². The van der Waals surface area contributed by atoms with E-state index in [2.05, 4.69) is 0 Å². The molecule has 112 valence electrons. The Morgan fingerprint density at radius 3 is 2.45 bits per heavy atom. The summed E-state index contributed by atoms with van der Waals surface area (Å²) < 4.78 is 31.4. The van der Waals surface area contributed by atoms with Gasteiger partial charge in [-0.05, 0) is 25.0 Å². The van der Waals surface area contributed by atoms with E-state index in [9.17, 15) is 8.42 Å². The molecule has 20 heavy (non-hydrogen) atoms. The smallest absolute Gasteiger partial charge is 0.246 e. The Morgan fingerprint density at radius 2 is 1.85 bits per heavy atom. The van der Waals surface area contributed by atoms with Gasteiger partial charge in [0.05, 0.1) is 5.54 Å². The molecular formula is C14H22N2O3S. The third-order valence-electron chi connectivity index (χ3n) is 3.72. The van der Waals surface area contributed by atoms with Crippen molar-refractivity contribution in [1.29, 1.82) is 0 Å². The summed E-state index contributed by atoms with van der Waals surface area (Å²) in [5, 5.41) is 0. The molecule has 0 aromatic heterocycles. The molecule has 1 aliphatic carbocycles. The zero-order valence-electron chi connectivity index (χ0n) is 12.0. The van der Waals surface area contributed by atoms with Gasteiger partial charge in [0.25, 0.3) is 0 Å². The lowest BCUT2D eigenvalue weighted by Crippen LogP contribution is -2.42. The molecule has 0 spiro atoms. The van der Waals surface area contributed by atoms with Crippen LogP contribution in [0.4, 0.5) is 0 Å². The molecule has 1 aromatic carbocycles. The van der Waals surface area contributed by atoms with Crippen LogP contribution in [0, 0.1) is 0 Å². The van der Waals surface area contributed by atoms with E-state index in [1.165, 1.54) is 18.4 Å². The lowest BCUT2D eigenvalue weighted by molar-refractivity contribution is 0.215. The van der Waals surface area contributed by atoms with E-state index < -0.39 is 10.0 Å². The molecule has 0 bridgehead atoms. The summed E-state index contributed by atoms with van der Waals surface area (Å²) >= 11 is 0. The predicted octanol–water partition coefficient (Wildman–Crippen LogP) is 1.59. The number of hydrogen-bond donors (Lipinski definition) is 1. The number of rotatable bonds is 5. The zero-order valence-corrected chi connectivity index (χ0v) is 12.8. The van der Waals surface area contributed by atoms with E-state index >= 15 is 0 Å². The highest BCUT2D eigenvalue weighted by atomic mass is 32.2. The van der Waals surface area contributed by atoms with Crippen molar-refractivity contribution >= 4 is 10.0 Å². The maximum atomic E-state index is 12.2. The third-order valence-corrected chi connectivity index (χ3v) is 5.58. The summed E-state index contributed by atoms with van der Waals surface area (Å²) in [5.74, 6) is 0.373. The van der Waals surface area contributed by atoms with Crippen LogP contribution >= 0.6 is 0 Å². The first-order chi connectivity index (χ1) is 9.35. The van der Waals surface area contributed by atoms with Gasteiger partial charge in [-0.1, -0.05) is 25.0 Å². The highest BCUT2D eigenvalue weighted by Crippen LogP contribution is 2.30. The Morgan fingerprint density at radius 1 is 1.25 bits per heavy atom. The molecule has 5 nitrogen and oxygen atoms in total. The summed E-state index contributed by atoms with van der Waals surface area (Å²) in [4.78, 5) is 0.187. The summed E-state index contributed by atoms with van der Waals surface area (Å²) in [7, 11) is -0.491. The van der Waals surface area contributed by atoms with Crippen LogP contribution in [0.1, 0.15) is 25.7 Å². The number of nitrogens with zero attached hydrogens (tertiary/aromatic N) is 1. The average Bonchev–Trinajstić information content (AvgIpc) is 2.84. The highest BCUT2D eigenvalue weighted by molar-refractivity contribution is 7.89. The Balaban J connectivity index is 2.21. The van der Waals surface area contributed by atoms with Gasteiger partial charge in [0.2, 0.25) is 10.0 Å². The van der Waals surface area contributed by atoms with Crippen LogP contribution in [-0.4, -0.2) is 39.0 Å². The summed E-state index contributed by atoms with van der Waals surface area (Å²) in [6.07, 6.45) is 4.07. The minimum Gasteiger partial charge on any atom is -0.490 e. The lowest BCUT2D eigenvalue weighted by Gasteiger charge is -2.24. The van der Waals surface area contributed by atoms with Gasteiger partial charge in [-0.2, -0.15) is 0 Å². The maximum absolute atomic E-state index is 12.2. The molecule has 0 atom stereocenters. The largest absolute Gasteiger partial charge is 0.490 e. The summed E-state index contributed by atoms with van der Waals surface area (Å²) in [6.45, 7) is 0.354. The average molecular weight is 298 g/mol. The van der Waals surface area contributed by atoms with E-state index in [1.807, 2.05) is 0 Å². The minimum absolute atomic E-state index is 0.187. The van der Waals surface area contributed by atoms with Gasteiger partial charge < -0.3 is 10.5 Å². The normalized spacial score (nSPS) is 18.4. The second-order valence-electron chi connectivity index (χ2n) is 5.59. The summed E-state index contributed by atoms with van der Waals surface area (Å²) in [5.41, 5.74) is 5.92. The van der Waals surface area contributed by atoms with Gasteiger partial charge in [-0.3, -0.25) is 0 Å². The molecule has 1 saturated carbocycles. The maximum Gasteiger partial charge on any atom is 0.246 e. The van der Waals surface area contributed by atoms with Gasteiger partial charge in [0, 0.05) is 14.1 Å². The minimum atomic E-state index is -3.51. The SMILES string of the molecule is CN(C)S(=O)(=O)c1ccccc1OCC1(N)CCCC1. The molecule has 1 aromatic rings. The van der Waals surface area contributed by atoms with Crippen LogP contribution in [0.15, 0.2) is 29.2 Å². The number of nitrogens with two attached hydrogens (primary N) is 1. The first kappa shape index (κ1) is 15.3. The van der Waals surface area contributed by atoms with Gasteiger partial charge in [-0.25, -0.2) is 12.7 Å². The first-order valence-corrected chi connectivity index (χ1v) is 8.22. The van der Waals surface area contributed by atoms with Crippen LogP contribution in [0.3, 0.4) is 0 Å². The van der Waals surface area contributed by atoms with E-state index in [4.69, 9.17) is 10.5 Å². The van der Waals surface area contributed by atoms with Crippen molar-refractivity contribution in [2.45, 2.75) is 36.1 Å². The highest BCUT2D eigenvalue weighted by Gasteiger charge is 2.31. The fraction of sp³-hybridized carbons (Fsp3) is 0.571. The molecule has 0 aliphatic heterocycles. The first-order valence-electron chi connectivity index (χ1n) is 6.78. The number of ether oxygens (including phenoxy) is 1. The molecule has 1 aliphatic rings. The third kappa shape index (κ3) is 3.13. The van der Waals surface area contributed by atoms with Gasteiger partial charge in [0.15, 0.2) is 0 Å². The molecule has 2 rings (SSSR count). The second-order valence-corrected chi connectivity index (χ2v) is 7.71. The van der Waals surface area contributed by atoms with Gasteiger partial charge >= 0.3 is 0 Å². The van der Waals surface area contributed by atoms with E-state index in [1.54, 1.807) is 24.3 Å². The van der Waals surface area contributed by atoms with Crippen molar-refractivity contribution in [3.05, 3.63) is 24.3 Å². The number of sulfonamides is 1. The monoisotopic (exact) mass is 298 g/mol. The zero-order chi connectivity index (χ0) is 14.8. The fourth-order valence-corrected chi connectivity index (χ4v) is 3.45. The van der Waals surface area contributed by atoms with Gasteiger partial charge in [-0.15, -0.1) is 0 Å². The number of para-hydroxylation sites is 1. The predicted molar refractivity (Wildman–Crippen MR) is 78.2 cm³/mol. The van der Waals surface area contributed by atoms with E-state index in [-0.39, 0.29) is 10.4 Å². The number of hydrogen-bond acceptors (Lipinski definition) is 4. The molecule has 1 fully saturated rings. The van der Waals surface area contributed by atoms with E-state index in [0.29, 0.717) is 12.4 Å². The molecule has 0 saturated heterocycles. The van der Waals surface area contributed by atoms with Crippen LogP contribution in [-0.2, 0) is 10.0 Å². The molecule has 0 amide bonds. The van der Waals surface area contributed by atoms with Crippen molar-refractivity contribution in [1.82, 2.24) is 4.31 Å². The van der Waals surface area contributed by atoms with Crippen molar-refractivity contribution < 1.29 is 13.2 Å². The van der Waals surface area contributed by atoms with E-state index in [0.717, 1.165) is 25.7 Å². The quantitative estimate of drug-likeness (QED) is 0.896. The number of benzene rings is 1. The molecule has 6 heteroatoms. The van der Waals surface area contributed by atoms with Crippen LogP contribution in [0.5, 0.6) is 5.75 Å². The lowest BCUT2D eigenvalue weighted by atomic mass is 10.0. The van der Waals surface area contributed by atoms with Crippen LogP contribution < -0.4 is 10.5 Å².